The summed E-state index contributed by atoms with van der Waals surface area (Å²) in [5.74, 6) is 0.320. The maximum absolute atomic E-state index is 12.6. The molecule has 132 valence electrons. The van der Waals surface area contributed by atoms with Crippen LogP contribution in [0.15, 0.2) is 54.6 Å². The van der Waals surface area contributed by atoms with E-state index in [2.05, 4.69) is 36.6 Å². The zero-order chi connectivity index (χ0) is 18.4. The Hall–Kier alpha value is -2.46. The maximum Gasteiger partial charge on any atom is 0.282 e. The van der Waals surface area contributed by atoms with Gasteiger partial charge in [0.25, 0.3) is 5.91 Å². The number of ketones is 1. The van der Waals surface area contributed by atoms with Gasteiger partial charge in [-0.05, 0) is 26.0 Å². The number of hydrogen-bond donors (Lipinski definition) is 2. The highest BCUT2D eigenvalue weighted by molar-refractivity contribution is 5.97. The van der Waals surface area contributed by atoms with Crippen molar-refractivity contribution in [2.24, 2.45) is 5.92 Å². The molecule has 0 saturated heterocycles. The van der Waals surface area contributed by atoms with Crippen LogP contribution in [0.4, 0.5) is 5.69 Å². The van der Waals surface area contributed by atoms with Gasteiger partial charge in [0.1, 0.15) is 6.04 Å². The second-order valence-electron chi connectivity index (χ2n) is 6.79. The molecule has 0 aliphatic heterocycles. The number of benzene rings is 2. The highest BCUT2D eigenvalue weighted by atomic mass is 16.2. The van der Waals surface area contributed by atoms with Gasteiger partial charge in [0.05, 0.1) is 0 Å². The first kappa shape index (κ1) is 18.9. The van der Waals surface area contributed by atoms with Crippen LogP contribution in [0.5, 0.6) is 0 Å². The molecule has 25 heavy (non-hydrogen) atoms. The van der Waals surface area contributed by atoms with E-state index >= 15 is 0 Å². The molecule has 0 spiro atoms. The quantitative estimate of drug-likeness (QED) is 0.761. The molecule has 2 atom stereocenters. The van der Waals surface area contributed by atoms with Gasteiger partial charge in [-0.3, -0.25) is 9.59 Å². The smallest absolute Gasteiger partial charge is 0.282 e. The predicted molar refractivity (Wildman–Crippen MR) is 100 cm³/mol. The van der Waals surface area contributed by atoms with E-state index in [-0.39, 0.29) is 23.8 Å². The van der Waals surface area contributed by atoms with Gasteiger partial charge < -0.3 is 10.6 Å². The molecule has 2 aromatic rings. The fourth-order valence-electron chi connectivity index (χ4n) is 2.86. The molecule has 0 heterocycles. The van der Waals surface area contributed by atoms with E-state index < -0.39 is 0 Å². The molecule has 4 nitrogen and oxygen atoms in total. The lowest BCUT2D eigenvalue weighted by molar-refractivity contribution is -0.718. The number of Topliss-reactive ketones (excluding diaryl/α,β-unsaturated/α-hetero) is 1. The summed E-state index contributed by atoms with van der Waals surface area (Å²) in [4.78, 5) is 24.0. The second-order valence-corrected chi connectivity index (χ2v) is 6.79. The fraction of sp³-hybridized carbons (Fsp3) is 0.333. The number of anilines is 1. The third-order valence-electron chi connectivity index (χ3n) is 4.35. The van der Waals surface area contributed by atoms with Gasteiger partial charge in [-0.25, -0.2) is 0 Å². The third-order valence-corrected chi connectivity index (χ3v) is 4.35. The van der Waals surface area contributed by atoms with E-state index in [0.29, 0.717) is 17.2 Å². The second kappa shape index (κ2) is 8.58. The molecule has 4 heteroatoms. The van der Waals surface area contributed by atoms with Gasteiger partial charge in [0, 0.05) is 22.7 Å². The Balaban J connectivity index is 2.06. The lowest BCUT2D eigenvalue weighted by atomic mass is 9.95. The summed E-state index contributed by atoms with van der Waals surface area (Å²) in [5, 5.41) is 5.01. The van der Waals surface area contributed by atoms with Crippen LogP contribution in [0, 0.1) is 5.92 Å². The number of quaternary nitrogens is 1. The van der Waals surface area contributed by atoms with Crippen molar-refractivity contribution in [3.63, 3.8) is 0 Å². The molecule has 0 unspecified atom stereocenters. The molecule has 0 aliphatic rings. The Kier molecular flexibility index (Phi) is 6.48. The van der Waals surface area contributed by atoms with E-state index in [1.54, 1.807) is 24.3 Å². The molecular weight excluding hydrogens is 312 g/mol. The van der Waals surface area contributed by atoms with E-state index in [4.69, 9.17) is 0 Å². The van der Waals surface area contributed by atoms with Crippen molar-refractivity contribution in [3.05, 3.63) is 65.7 Å². The van der Waals surface area contributed by atoms with Crippen molar-refractivity contribution in [1.29, 1.82) is 0 Å². The minimum absolute atomic E-state index is 0.0142. The molecule has 0 aromatic heterocycles. The van der Waals surface area contributed by atoms with Crippen LogP contribution in [0.2, 0.25) is 0 Å². The molecule has 0 saturated carbocycles. The normalized spacial score (nSPS) is 13.3. The Morgan fingerprint density at radius 2 is 1.64 bits per heavy atom. The van der Waals surface area contributed by atoms with E-state index in [9.17, 15) is 9.59 Å². The number of hydrogen-bond acceptors (Lipinski definition) is 2. The zero-order valence-electron chi connectivity index (χ0n) is 15.3. The molecule has 0 aliphatic carbocycles. The molecule has 3 N–H and O–H groups in total. The van der Waals surface area contributed by atoms with E-state index in [0.717, 1.165) is 0 Å². The monoisotopic (exact) mass is 339 g/mol. The standard InChI is InChI=1S/C21H26N2O2/c1-14(2)20(17-9-6-5-7-10-17)22-15(3)21(25)23-19-12-8-11-18(13-19)16(4)24/h5-15,20,22H,1-4H3,(H,23,25)/p+1/t15-,20+/m0/s1. The van der Waals surface area contributed by atoms with Crippen LogP contribution in [0.25, 0.3) is 0 Å². The Bertz CT molecular complexity index is 726. The van der Waals surface area contributed by atoms with Crippen molar-refractivity contribution >= 4 is 17.4 Å². The number of carbonyl (C=O) groups excluding carboxylic acids is 2. The number of nitrogens with one attached hydrogen (secondary N) is 1. The first-order valence-electron chi connectivity index (χ1n) is 8.70. The van der Waals surface area contributed by atoms with Gasteiger partial charge in [-0.1, -0.05) is 56.3 Å². The molecule has 2 aromatic carbocycles. The predicted octanol–water partition coefficient (Wildman–Crippen LogP) is 3.18. The molecular formula is C21H27N2O2+. The van der Waals surface area contributed by atoms with Crippen LogP contribution in [0.3, 0.4) is 0 Å². The summed E-state index contributed by atoms with van der Waals surface area (Å²) < 4.78 is 0. The van der Waals surface area contributed by atoms with Gasteiger partial charge in [-0.15, -0.1) is 0 Å². The lowest BCUT2D eigenvalue weighted by Gasteiger charge is -2.23. The summed E-state index contributed by atoms with van der Waals surface area (Å²) in [5.41, 5.74) is 2.47. The third kappa shape index (κ3) is 5.26. The van der Waals surface area contributed by atoms with Crippen LogP contribution < -0.4 is 10.6 Å². The maximum atomic E-state index is 12.6. The largest absolute Gasteiger partial charge is 0.330 e. The minimum Gasteiger partial charge on any atom is -0.330 e. The van der Waals surface area contributed by atoms with Gasteiger partial charge in [-0.2, -0.15) is 0 Å². The number of amides is 1. The first-order chi connectivity index (χ1) is 11.9. The number of nitrogens with two attached hydrogens (primary N) is 1. The molecule has 1 amide bonds. The van der Waals surface area contributed by atoms with Crippen molar-refractivity contribution in [2.75, 3.05) is 5.32 Å². The van der Waals surface area contributed by atoms with Crippen molar-refractivity contribution in [2.45, 2.75) is 39.8 Å². The van der Waals surface area contributed by atoms with E-state index in [1.807, 2.05) is 25.1 Å². The van der Waals surface area contributed by atoms with Gasteiger partial charge in [0.15, 0.2) is 11.8 Å². The Morgan fingerprint density at radius 3 is 2.24 bits per heavy atom. The SMILES string of the molecule is CC(=O)c1cccc(NC(=O)[C@H](C)[NH2+][C@@H](c2ccccc2)C(C)C)c1. The van der Waals surface area contributed by atoms with Gasteiger partial charge in [0.2, 0.25) is 0 Å². The van der Waals surface area contributed by atoms with Crippen LogP contribution >= 0.6 is 0 Å². The van der Waals surface area contributed by atoms with Crippen molar-refractivity contribution in [1.82, 2.24) is 0 Å². The van der Waals surface area contributed by atoms with Gasteiger partial charge >= 0.3 is 0 Å². The topological polar surface area (TPSA) is 62.8 Å². The fourth-order valence-corrected chi connectivity index (χ4v) is 2.86. The number of carbonyl (C=O) groups is 2. The summed E-state index contributed by atoms with van der Waals surface area (Å²) in [6.07, 6.45) is 0. The summed E-state index contributed by atoms with van der Waals surface area (Å²) in [6.45, 7) is 7.75. The highest BCUT2D eigenvalue weighted by Crippen LogP contribution is 2.17. The van der Waals surface area contributed by atoms with E-state index in [1.165, 1.54) is 12.5 Å². The number of rotatable bonds is 7. The Morgan fingerprint density at radius 1 is 0.960 bits per heavy atom. The average molecular weight is 339 g/mol. The van der Waals surface area contributed by atoms with Crippen LogP contribution in [-0.2, 0) is 4.79 Å². The zero-order valence-corrected chi connectivity index (χ0v) is 15.3. The summed E-state index contributed by atoms with van der Waals surface area (Å²) >= 11 is 0. The summed E-state index contributed by atoms with van der Waals surface area (Å²) in [7, 11) is 0. The first-order valence-corrected chi connectivity index (χ1v) is 8.70. The van der Waals surface area contributed by atoms with Crippen molar-refractivity contribution in [3.8, 4) is 0 Å². The molecule has 2 rings (SSSR count). The Labute approximate surface area is 149 Å². The average Bonchev–Trinajstić information content (AvgIpc) is 2.60. The lowest BCUT2D eigenvalue weighted by Crippen LogP contribution is -2.93. The highest BCUT2D eigenvalue weighted by Gasteiger charge is 2.25. The molecule has 0 bridgehead atoms. The summed E-state index contributed by atoms with van der Waals surface area (Å²) in [6, 6.07) is 17.3. The molecule has 0 fully saturated rings. The van der Waals surface area contributed by atoms with Crippen LogP contribution in [-0.4, -0.2) is 17.7 Å². The van der Waals surface area contributed by atoms with Crippen LogP contribution in [0.1, 0.15) is 49.7 Å². The minimum atomic E-state index is -0.242. The van der Waals surface area contributed by atoms with Crippen molar-refractivity contribution < 1.29 is 14.9 Å². The molecule has 0 radical (unpaired) electrons.